The maximum Gasteiger partial charge on any atom is 0.0864 e. The van der Waals surface area contributed by atoms with Crippen LogP contribution in [-0.2, 0) is 0 Å². The molecule has 1 aliphatic rings. The van der Waals surface area contributed by atoms with Crippen molar-refractivity contribution in [3.63, 3.8) is 0 Å². The van der Waals surface area contributed by atoms with Gasteiger partial charge in [0.25, 0.3) is 0 Å². The van der Waals surface area contributed by atoms with Crippen LogP contribution in [0.25, 0.3) is 0 Å². The Balaban J connectivity index is 2.63. The summed E-state index contributed by atoms with van der Waals surface area (Å²) in [6, 6.07) is 1.12. The molecule has 2 atom stereocenters. The van der Waals surface area contributed by atoms with Gasteiger partial charge in [-0.2, -0.15) is 0 Å². The molecule has 0 saturated heterocycles. The number of hydrogen-bond acceptors (Lipinski definition) is 1. The van der Waals surface area contributed by atoms with E-state index in [4.69, 9.17) is 0 Å². The highest BCUT2D eigenvalue weighted by molar-refractivity contribution is 6.76. The minimum Gasteiger partial charge on any atom is -0.385 e. The smallest absolute Gasteiger partial charge is 0.0864 e. The first kappa shape index (κ1) is 16.7. The van der Waals surface area contributed by atoms with E-state index in [-0.39, 0.29) is 0 Å². The van der Waals surface area contributed by atoms with Crippen LogP contribution < -0.4 is 0 Å². The standard InChI is InChI=1S/C17H32OSi/c1-14(13-19(5,6)7)12-17(18)10-8-15(9-11-17)16(2,3)4/h8,10,15,18H,1,9,11-13H2,2-7H3. The van der Waals surface area contributed by atoms with Crippen LogP contribution in [0.5, 0.6) is 0 Å². The molecule has 0 amide bonds. The summed E-state index contributed by atoms with van der Waals surface area (Å²) < 4.78 is 0. The van der Waals surface area contributed by atoms with Crippen molar-refractivity contribution < 1.29 is 5.11 Å². The van der Waals surface area contributed by atoms with E-state index in [2.05, 4.69) is 53.1 Å². The van der Waals surface area contributed by atoms with Crippen molar-refractivity contribution in [2.45, 2.75) is 71.3 Å². The molecule has 0 fully saturated rings. The zero-order valence-corrected chi connectivity index (χ0v) is 14.7. The van der Waals surface area contributed by atoms with E-state index in [0.29, 0.717) is 11.3 Å². The normalized spacial score (nSPS) is 28.5. The predicted octanol–water partition coefficient (Wildman–Crippen LogP) is 5.01. The molecule has 2 heteroatoms. The first-order chi connectivity index (χ1) is 8.41. The topological polar surface area (TPSA) is 20.2 Å². The molecule has 0 radical (unpaired) electrons. The SMILES string of the molecule is C=C(CC1(O)C=CC(C(C)(C)C)CC1)C[Si](C)(C)C. The molecule has 0 spiro atoms. The van der Waals surface area contributed by atoms with Crippen molar-refractivity contribution in [1.29, 1.82) is 0 Å². The molecule has 0 bridgehead atoms. The van der Waals surface area contributed by atoms with Crippen molar-refractivity contribution in [2.24, 2.45) is 11.3 Å². The highest BCUT2D eigenvalue weighted by Crippen LogP contribution is 2.39. The van der Waals surface area contributed by atoms with Crippen LogP contribution in [0.4, 0.5) is 0 Å². The lowest BCUT2D eigenvalue weighted by atomic mass is 9.71. The van der Waals surface area contributed by atoms with Crippen LogP contribution in [0.1, 0.15) is 40.0 Å². The second-order valence-corrected chi connectivity index (χ2v) is 14.1. The molecular formula is C17H32OSi. The maximum atomic E-state index is 10.7. The van der Waals surface area contributed by atoms with Gasteiger partial charge in [0.05, 0.1) is 5.60 Å². The van der Waals surface area contributed by atoms with Crippen LogP contribution in [-0.4, -0.2) is 18.8 Å². The second-order valence-electron chi connectivity index (χ2n) is 8.64. The van der Waals surface area contributed by atoms with E-state index in [1.54, 1.807) is 0 Å². The zero-order valence-electron chi connectivity index (χ0n) is 13.7. The fourth-order valence-electron chi connectivity index (χ4n) is 2.99. The highest BCUT2D eigenvalue weighted by Gasteiger charge is 2.33. The first-order valence-corrected chi connectivity index (χ1v) is 11.2. The summed E-state index contributed by atoms with van der Waals surface area (Å²) in [6.45, 7) is 18.1. The Kier molecular flexibility index (Phi) is 4.90. The Labute approximate surface area is 120 Å². The molecule has 0 aromatic heterocycles. The first-order valence-electron chi connectivity index (χ1n) is 7.50. The van der Waals surface area contributed by atoms with Crippen molar-refractivity contribution in [3.8, 4) is 0 Å². The molecule has 0 heterocycles. The van der Waals surface area contributed by atoms with Gasteiger partial charge in [0, 0.05) is 14.5 Å². The summed E-state index contributed by atoms with van der Waals surface area (Å²) in [5.74, 6) is 0.582. The van der Waals surface area contributed by atoms with Gasteiger partial charge in [-0.1, -0.05) is 58.1 Å². The molecule has 1 rings (SSSR count). The van der Waals surface area contributed by atoms with E-state index in [0.717, 1.165) is 25.3 Å². The highest BCUT2D eigenvalue weighted by atomic mass is 28.3. The van der Waals surface area contributed by atoms with Gasteiger partial charge in [0.15, 0.2) is 0 Å². The quantitative estimate of drug-likeness (QED) is 0.566. The molecule has 1 aliphatic carbocycles. The zero-order chi connectivity index (χ0) is 14.9. The lowest BCUT2D eigenvalue weighted by Crippen LogP contribution is -2.34. The Morgan fingerprint density at radius 2 is 1.95 bits per heavy atom. The van der Waals surface area contributed by atoms with E-state index in [1.807, 2.05) is 6.08 Å². The fraction of sp³-hybridized carbons (Fsp3) is 0.765. The Hall–Kier alpha value is -0.343. The number of aliphatic hydroxyl groups is 1. The van der Waals surface area contributed by atoms with Gasteiger partial charge < -0.3 is 5.11 Å². The van der Waals surface area contributed by atoms with Crippen LogP contribution in [0, 0.1) is 11.3 Å². The molecule has 19 heavy (non-hydrogen) atoms. The van der Waals surface area contributed by atoms with Crippen molar-refractivity contribution >= 4 is 8.07 Å². The average molecular weight is 281 g/mol. The third-order valence-electron chi connectivity index (χ3n) is 3.98. The van der Waals surface area contributed by atoms with Gasteiger partial charge in [-0.05, 0) is 30.2 Å². The minimum atomic E-state index is -1.12. The fourth-order valence-corrected chi connectivity index (χ4v) is 4.62. The summed E-state index contributed by atoms with van der Waals surface area (Å²) in [7, 11) is -1.12. The lowest BCUT2D eigenvalue weighted by molar-refractivity contribution is 0.0595. The van der Waals surface area contributed by atoms with Gasteiger partial charge in [-0.3, -0.25) is 0 Å². The van der Waals surface area contributed by atoms with Crippen LogP contribution >= 0.6 is 0 Å². The molecule has 0 aromatic carbocycles. The van der Waals surface area contributed by atoms with E-state index in [9.17, 15) is 5.11 Å². The van der Waals surface area contributed by atoms with Crippen molar-refractivity contribution in [1.82, 2.24) is 0 Å². The molecule has 2 unspecified atom stereocenters. The van der Waals surface area contributed by atoms with E-state index < -0.39 is 13.7 Å². The van der Waals surface area contributed by atoms with Crippen LogP contribution in [0.3, 0.4) is 0 Å². The largest absolute Gasteiger partial charge is 0.385 e. The molecule has 110 valence electrons. The summed E-state index contributed by atoms with van der Waals surface area (Å²) in [5, 5.41) is 10.7. The Morgan fingerprint density at radius 1 is 1.37 bits per heavy atom. The number of rotatable bonds is 4. The molecule has 0 aliphatic heterocycles. The van der Waals surface area contributed by atoms with Crippen molar-refractivity contribution in [2.75, 3.05) is 0 Å². The van der Waals surface area contributed by atoms with E-state index >= 15 is 0 Å². The Morgan fingerprint density at radius 3 is 2.32 bits per heavy atom. The summed E-state index contributed by atoms with van der Waals surface area (Å²) in [6.07, 6.45) is 6.96. The van der Waals surface area contributed by atoms with Gasteiger partial charge in [-0.25, -0.2) is 0 Å². The third-order valence-corrected chi connectivity index (χ3v) is 5.54. The third kappa shape index (κ3) is 5.66. The Bertz CT molecular complexity index is 356. The summed E-state index contributed by atoms with van der Waals surface area (Å²) in [5.41, 5.74) is 0.881. The molecular weight excluding hydrogens is 248 g/mol. The van der Waals surface area contributed by atoms with Crippen LogP contribution in [0.2, 0.25) is 25.7 Å². The minimum absolute atomic E-state index is 0.299. The van der Waals surface area contributed by atoms with Gasteiger partial charge in [0.2, 0.25) is 0 Å². The molecule has 1 N–H and O–H groups in total. The average Bonchev–Trinajstić information content (AvgIpc) is 2.11. The molecule has 0 saturated carbocycles. The molecule has 1 nitrogen and oxygen atoms in total. The van der Waals surface area contributed by atoms with E-state index in [1.165, 1.54) is 5.57 Å². The second kappa shape index (κ2) is 5.57. The number of allylic oxidation sites excluding steroid dienone is 1. The van der Waals surface area contributed by atoms with Crippen molar-refractivity contribution in [3.05, 3.63) is 24.3 Å². The van der Waals surface area contributed by atoms with Gasteiger partial charge in [-0.15, -0.1) is 6.58 Å². The molecule has 0 aromatic rings. The maximum absolute atomic E-state index is 10.7. The number of hydrogen-bond donors (Lipinski definition) is 1. The monoisotopic (exact) mass is 280 g/mol. The summed E-state index contributed by atoms with van der Waals surface area (Å²) in [4.78, 5) is 0. The predicted molar refractivity (Wildman–Crippen MR) is 88.2 cm³/mol. The van der Waals surface area contributed by atoms with Gasteiger partial charge in [0.1, 0.15) is 0 Å². The summed E-state index contributed by atoms with van der Waals surface area (Å²) >= 11 is 0. The van der Waals surface area contributed by atoms with Crippen LogP contribution in [0.15, 0.2) is 24.3 Å². The van der Waals surface area contributed by atoms with Gasteiger partial charge >= 0.3 is 0 Å². The lowest BCUT2D eigenvalue weighted by Gasteiger charge is -2.37.